The normalized spacial score (nSPS) is 12.7. The van der Waals surface area contributed by atoms with Crippen LogP contribution in [0.5, 0.6) is 0 Å². The number of hydrogen-bond donors (Lipinski definition) is 1. The van der Waals surface area contributed by atoms with Crippen LogP contribution in [0.2, 0.25) is 0 Å². The van der Waals surface area contributed by atoms with E-state index < -0.39 is 0 Å². The van der Waals surface area contributed by atoms with Crippen LogP contribution in [0.15, 0.2) is 41.1 Å². The number of para-hydroxylation sites is 1. The molecular weight excluding hydrogens is 280 g/mol. The first-order chi connectivity index (χ1) is 10.4. The van der Waals surface area contributed by atoms with Crippen LogP contribution < -0.4 is 5.32 Å². The lowest BCUT2D eigenvalue weighted by Gasteiger charge is -2.07. The van der Waals surface area contributed by atoms with Crippen LogP contribution in [0.3, 0.4) is 0 Å². The summed E-state index contributed by atoms with van der Waals surface area (Å²) in [6.07, 6.45) is 0.967. The lowest BCUT2D eigenvalue weighted by Crippen LogP contribution is -2.05. The average molecular weight is 292 g/mol. The molecular formula is C16H12N4S. The Morgan fingerprint density at radius 3 is 3.00 bits per heavy atom. The van der Waals surface area contributed by atoms with Crippen LogP contribution in [0.4, 0.5) is 5.82 Å². The van der Waals surface area contributed by atoms with Crippen molar-refractivity contribution >= 4 is 17.2 Å². The monoisotopic (exact) mass is 292 g/mol. The Kier molecular flexibility index (Phi) is 2.76. The van der Waals surface area contributed by atoms with Crippen molar-refractivity contribution < 1.29 is 0 Å². The third-order valence-corrected chi connectivity index (χ3v) is 4.38. The molecule has 0 fully saturated rings. The van der Waals surface area contributed by atoms with Gasteiger partial charge in [-0.05, 0) is 30.0 Å². The average Bonchev–Trinajstić information content (AvgIpc) is 3.24. The Bertz CT molecular complexity index is 840. The maximum atomic E-state index is 9.31. The highest BCUT2D eigenvalue weighted by Crippen LogP contribution is 2.35. The van der Waals surface area contributed by atoms with Gasteiger partial charge >= 0.3 is 0 Å². The molecule has 0 radical (unpaired) electrons. The van der Waals surface area contributed by atoms with Gasteiger partial charge in [-0.2, -0.15) is 21.7 Å². The Morgan fingerprint density at radius 2 is 2.19 bits per heavy atom. The molecule has 0 aliphatic carbocycles. The van der Waals surface area contributed by atoms with E-state index in [2.05, 4.69) is 28.2 Å². The van der Waals surface area contributed by atoms with Gasteiger partial charge in [0.1, 0.15) is 11.9 Å². The molecule has 1 aromatic carbocycles. The molecule has 0 bridgehead atoms. The van der Waals surface area contributed by atoms with Crippen molar-refractivity contribution in [3.8, 4) is 23.0 Å². The third-order valence-electron chi connectivity index (χ3n) is 3.70. The minimum atomic E-state index is 0.633. The second kappa shape index (κ2) is 4.76. The molecule has 0 atom stereocenters. The van der Waals surface area contributed by atoms with Crippen LogP contribution in [0.1, 0.15) is 11.1 Å². The number of nitrogens with one attached hydrogen (secondary N) is 1. The first-order valence-electron chi connectivity index (χ1n) is 6.76. The smallest absolute Gasteiger partial charge is 0.133 e. The molecule has 0 spiro atoms. The predicted molar refractivity (Wildman–Crippen MR) is 83.8 cm³/mol. The molecule has 21 heavy (non-hydrogen) atoms. The summed E-state index contributed by atoms with van der Waals surface area (Å²) in [5.74, 6) is 1.01. The Labute approximate surface area is 126 Å². The maximum Gasteiger partial charge on any atom is 0.133 e. The van der Waals surface area contributed by atoms with Gasteiger partial charge in [-0.3, -0.25) is 0 Å². The number of thiophene rings is 1. The summed E-state index contributed by atoms with van der Waals surface area (Å²) in [5, 5.41) is 21.6. The van der Waals surface area contributed by atoms with Crippen molar-refractivity contribution in [2.75, 3.05) is 11.9 Å². The van der Waals surface area contributed by atoms with Crippen LogP contribution in [0.25, 0.3) is 16.9 Å². The standard InChI is InChI=1S/C16H12N4S/c17-9-11-3-1-2-4-14(11)20-16-13(5-7-18-16)15(19-20)12-6-8-21-10-12/h1-4,6,8,10,18H,5,7H2. The maximum absolute atomic E-state index is 9.31. The molecule has 1 N–H and O–H groups in total. The third kappa shape index (κ3) is 1.84. The van der Waals surface area contributed by atoms with Crippen molar-refractivity contribution in [1.29, 1.82) is 5.26 Å². The molecule has 1 aliphatic rings. The minimum Gasteiger partial charge on any atom is -0.369 e. The van der Waals surface area contributed by atoms with Crippen LogP contribution in [-0.4, -0.2) is 16.3 Å². The highest BCUT2D eigenvalue weighted by atomic mass is 32.1. The quantitative estimate of drug-likeness (QED) is 0.787. The van der Waals surface area contributed by atoms with E-state index in [1.807, 2.05) is 28.9 Å². The first kappa shape index (κ1) is 12.2. The summed E-state index contributed by atoms with van der Waals surface area (Å²) in [5.41, 5.74) is 4.86. The molecule has 0 unspecified atom stereocenters. The molecule has 3 aromatic rings. The topological polar surface area (TPSA) is 53.6 Å². The van der Waals surface area contributed by atoms with Gasteiger partial charge in [0.05, 0.1) is 16.9 Å². The Hall–Kier alpha value is -2.58. The van der Waals surface area contributed by atoms with Gasteiger partial charge in [0.25, 0.3) is 0 Å². The minimum absolute atomic E-state index is 0.633. The molecule has 5 heteroatoms. The van der Waals surface area contributed by atoms with Gasteiger partial charge in [-0.15, -0.1) is 0 Å². The number of hydrogen-bond acceptors (Lipinski definition) is 4. The summed E-state index contributed by atoms with van der Waals surface area (Å²) in [7, 11) is 0. The number of rotatable bonds is 2. The Balaban J connectivity index is 1.95. The van der Waals surface area contributed by atoms with Gasteiger partial charge in [0.15, 0.2) is 0 Å². The number of anilines is 1. The SMILES string of the molecule is N#Cc1ccccc1-n1nc(-c2ccsc2)c2c1NCC2. The molecule has 102 valence electrons. The van der Waals surface area contributed by atoms with Gasteiger partial charge in [0, 0.05) is 23.1 Å². The zero-order valence-electron chi connectivity index (χ0n) is 11.2. The summed E-state index contributed by atoms with van der Waals surface area (Å²) >= 11 is 1.67. The molecule has 0 amide bonds. The van der Waals surface area contributed by atoms with E-state index in [0.29, 0.717) is 5.56 Å². The number of benzene rings is 1. The zero-order valence-corrected chi connectivity index (χ0v) is 12.0. The molecule has 1 aliphatic heterocycles. The number of aromatic nitrogens is 2. The van der Waals surface area contributed by atoms with Crippen molar-refractivity contribution in [1.82, 2.24) is 9.78 Å². The molecule has 0 saturated carbocycles. The summed E-state index contributed by atoms with van der Waals surface area (Å²) in [6, 6.07) is 11.9. The van der Waals surface area contributed by atoms with Crippen LogP contribution >= 0.6 is 11.3 Å². The molecule has 4 nitrogen and oxygen atoms in total. The molecule has 2 aromatic heterocycles. The van der Waals surface area contributed by atoms with E-state index in [1.54, 1.807) is 11.3 Å². The fraction of sp³-hybridized carbons (Fsp3) is 0.125. The van der Waals surface area contributed by atoms with Crippen molar-refractivity contribution in [2.45, 2.75) is 6.42 Å². The van der Waals surface area contributed by atoms with E-state index in [-0.39, 0.29) is 0 Å². The second-order valence-electron chi connectivity index (χ2n) is 4.91. The van der Waals surface area contributed by atoms with Gasteiger partial charge < -0.3 is 5.32 Å². The fourth-order valence-electron chi connectivity index (χ4n) is 2.73. The van der Waals surface area contributed by atoms with Crippen molar-refractivity contribution in [3.63, 3.8) is 0 Å². The van der Waals surface area contributed by atoms with E-state index in [0.717, 1.165) is 35.7 Å². The Morgan fingerprint density at radius 1 is 1.29 bits per heavy atom. The largest absolute Gasteiger partial charge is 0.369 e. The van der Waals surface area contributed by atoms with Crippen molar-refractivity contribution in [2.24, 2.45) is 0 Å². The second-order valence-corrected chi connectivity index (χ2v) is 5.69. The molecule has 4 rings (SSSR count). The molecule has 3 heterocycles. The van der Waals surface area contributed by atoms with Crippen molar-refractivity contribution in [3.05, 3.63) is 52.2 Å². The van der Waals surface area contributed by atoms with E-state index in [4.69, 9.17) is 5.10 Å². The summed E-state index contributed by atoms with van der Waals surface area (Å²) in [4.78, 5) is 0. The van der Waals surface area contributed by atoms with E-state index >= 15 is 0 Å². The zero-order chi connectivity index (χ0) is 14.2. The number of nitrogens with zero attached hydrogens (tertiary/aromatic N) is 3. The van der Waals surface area contributed by atoms with E-state index in [1.165, 1.54) is 5.56 Å². The summed E-state index contributed by atoms with van der Waals surface area (Å²) < 4.78 is 1.87. The van der Waals surface area contributed by atoms with Gasteiger partial charge in [-0.25, -0.2) is 4.68 Å². The lowest BCUT2D eigenvalue weighted by molar-refractivity contribution is 0.880. The van der Waals surface area contributed by atoms with Gasteiger partial charge in [0.2, 0.25) is 0 Å². The molecule has 0 saturated heterocycles. The van der Waals surface area contributed by atoms with Crippen LogP contribution in [0, 0.1) is 11.3 Å². The number of fused-ring (bicyclic) bond motifs is 1. The first-order valence-corrected chi connectivity index (χ1v) is 7.70. The van der Waals surface area contributed by atoms with Crippen LogP contribution in [-0.2, 0) is 6.42 Å². The highest BCUT2D eigenvalue weighted by Gasteiger charge is 2.24. The number of nitriles is 1. The highest BCUT2D eigenvalue weighted by molar-refractivity contribution is 7.08. The van der Waals surface area contributed by atoms with Gasteiger partial charge in [-0.1, -0.05) is 12.1 Å². The fourth-order valence-corrected chi connectivity index (χ4v) is 3.37. The summed E-state index contributed by atoms with van der Waals surface area (Å²) in [6.45, 7) is 0.916. The lowest BCUT2D eigenvalue weighted by atomic mass is 10.1. The van der Waals surface area contributed by atoms with E-state index in [9.17, 15) is 5.26 Å². The predicted octanol–water partition coefficient (Wildman–Crippen LogP) is 3.44.